The zero-order valence-corrected chi connectivity index (χ0v) is 23.8. The van der Waals surface area contributed by atoms with Crippen molar-refractivity contribution in [2.45, 2.75) is 63.8 Å². The Morgan fingerprint density at radius 2 is 1.67 bits per heavy atom. The minimum atomic E-state index is -1.51. The monoisotopic (exact) mass is 586 g/mol. The Morgan fingerprint density at radius 3 is 2.17 bits per heavy atom. The van der Waals surface area contributed by atoms with Gasteiger partial charge in [0, 0.05) is 24.7 Å². The molecular formula is C31H37F3N4O4. The van der Waals surface area contributed by atoms with Crippen LogP contribution in [0.1, 0.15) is 49.4 Å². The van der Waals surface area contributed by atoms with Crippen molar-refractivity contribution in [3.8, 4) is 0 Å². The van der Waals surface area contributed by atoms with Crippen LogP contribution in [-0.2, 0) is 27.2 Å². The van der Waals surface area contributed by atoms with E-state index in [2.05, 4.69) is 5.32 Å². The van der Waals surface area contributed by atoms with Gasteiger partial charge in [0.05, 0.1) is 13.1 Å². The van der Waals surface area contributed by atoms with Gasteiger partial charge in [-0.2, -0.15) is 5.06 Å². The third-order valence-corrected chi connectivity index (χ3v) is 8.46. The van der Waals surface area contributed by atoms with E-state index in [4.69, 9.17) is 5.21 Å². The predicted octanol–water partition coefficient (Wildman–Crippen LogP) is 3.42. The summed E-state index contributed by atoms with van der Waals surface area (Å²) in [5, 5.41) is 12.5. The molecule has 3 heterocycles. The number of hydrogen-bond donors (Lipinski definition) is 2. The van der Waals surface area contributed by atoms with E-state index < -0.39 is 53.7 Å². The van der Waals surface area contributed by atoms with Gasteiger partial charge in [-0.15, -0.1) is 0 Å². The molecule has 3 saturated heterocycles. The standard InChI is InChI=1S/C28H30F3N3O3.C3H7NO/c1-15(2)9-23-26(35)32-24(18-10-16-5-3-4-6-17(16)11-18)27(36)34(23)25(28(37)33-13-20(30)14-33)21-8-7-19(29)12-22(21)31;5-4-2-1-3-4/h3-8,12,15,18,20,23-25H,9-11,13-14H2,1-2H3,(H,32,35);5H,1-3H2/t23-,24-,25-;/m1./s1. The molecule has 42 heavy (non-hydrogen) atoms. The van der Waals surface area contributed by atoms with E-state index in [1.807, 2.05) is 38.1 Å². The lowest BCUT2D eigenvalue weighted by atomic mass is 9.87. The van der Waals surface area contributed by atoms with Crippen molar-refractivity contribution in [3.63, 3.8) is 0 Å². The molecule has 0 unspecified atom stereocenters. The van der Waals surface area contributed by atoms with Crippen LogP contribution in [0.15, 0.2) is 42.5 Å². The highest BCUT2D eigenvalue weighted by Gasteiger charge is 2.51. The van der Waals surface area contributed by atoms with Crippen LogP contribution >= 0.6 is 0 Å². The molecule has 2 aromatic rings. The van der Waals surface area contributed by atoms with Crippen LogP contribution < -0.4 is 5.32 Å². The fraction of sp³-hybridized carbons (Fsp3) is 0.516. The first-order chi connectivity index (χ1) is 20.0. The maximum absolute atomic E-state index is 15.1. The van der Waals surface area contributed by atoms with E-state index in [-0.39, 0.29) is 36.9 Å². The summed E-state index contributed by atoms with van der Waals surface area (Å²) in [5.41, 5.74) is 1.98. The van der Waals surface area contributed by atoms with Crippen LogP contribution in [0.3, 0.4) is 0 Å². The second-order valence-corrected chi connectivity index (χ2v) is 12.0. The van der Waals surface area contributed by atoms with Crippen LogP contribution in [0.4, 0.5) is 13.2 Å². The SMILES string of the molecule is CC(C)C[C@@H]1C(=O)N[C@H](C2Cc3ccccc3C2)C(=O)N1[C@@H](C(=O)N1CC(F)C1)c1ccc(F)cc1F.ON1CCC1. The third-order valence-electron chi connectivity index (χ3n) is 8.46. The molecule has 0 radical (unpaired) electrons. The Labute approximate surface area is 243 Å². The number of amides is 3. The molecule has 2 N–H and O–H groups in total. The number of fused-ring (bicyclic) bond motifs is 1. The highest BCUT2D eigenvalue weighted by atomic mass is 19.1. The van der Waals surface area contributed by atoms with Gasteiger partial charge in [0.1, 0.15) is 35.9 Å². The fourth-order valence-electron chi connectivity index (χ4n) is 6.08. The minimum Gasteiger partial charge on any atom is -0.342 e. The summed E-state index contributed by atoms with van der Waals surface area (Å²) in [6.07, 6.45) is 1.35. The first kappa shape index (κ1) is 30.0. The van der Waals surface area contributed by atoms with Crippen LogP contribution in [-0.4, -0.2) is 82.2 Å². The largest absolute Gasteiger partial charge is 0.342 e. The number of hydrogen-bond acceptors (Lipinski definition) is 5. The number of halogens is 3. The van der Waals surface area contributed by atoms with E-state index in [1.54, 1.807) is 0 Å². The quantitative estimate of drug-likeness (QED) is 0.541. The number of hydroxylamine groups is 2. The number of likely N-dealkylation sites (tertiary alicyclic amines) is 1. The molecule has 8 nitrogen and oxygen atoms in total. The number of piperazine rings is 1. The van der Waals surface area contributed by atoms with E-state index >= 15 is 4.39 Å². The van der Waals surface area contributed by atoms with Crippen LogP contribution in [0, 0.1) is 23.5 Å². The van der Waals surface area contributed by atoms with Crippen LogP contribution in [0.25, 0.3) is 0 Å². The van der Waals surface area contributed by atoms with Crippen molar-refractivity contribution >= 4 is 17.7 Å². The van der Waals surface area contributed by atoms with Gasteiger partial charge >= 0.3 is 0 Å². The molecule has 3 atom stereocenters. The molecule has 3 aliphatic heterocycles. The van der Waals surface area contributed by atoms with E-state index in [0.717, 1.165) is 42.8 Å². The minimum absolute atomic E-state index is 0.0219. The van der Waals surface area contributed by atoms with Gasteiger partial charge in [0.15, 0.2) is 0 Å². The maximum atomic E-state index is 15.1. The smallest absolute Gasteiger partial charge is 0.250 e. The molecule has 11 heteroatoms. The normalized spacial score (nSPS) is 23.5. The number of nitrogens with zero attached hydrogens (tertiary/aromatic N) is 3. The fourth-order valence-corrected chi connectivity index (χ4v) is 6.08. The van der Waals surface area contributed by atoms with Gasteiger partial charge in [0.2, 0.25) is 17.7 Å². The second kappa shape index (κ2) is 12.4. The molecule has 3 amide bonds. The number of carbonyl (C=O) groups excluding carboxylic acids is 3. The molecular weight excluding hydrogens is 549 g/mol. The van der Waals surface area contributed by atoms with E-state index in [1.165, 1.54) is 14.9 Å². The van der Waals surface area contributed by atoms with Crippen LogP contribution in [0.5, 0.6) is 0 Å². The second-order valence-electron chi connectivity index (χ2n) is 12.0. The molecule has 4 aliphatic rings. The Hall–Kier alpha value is -3.44. The van der Waals surface area contributed by atoms with Gasteiger partial charge in [-0.25, -0.2) is 13.2 Å². The number of benzene rings is 2. The van der Waals surface area contributed by atoms with E-state index in [9.17, 15) is 23.2 Å². The molecule has 0 spiro atoms. The zero-order chi connectivity index (χ0) is 30.1. The summed E-state index contributed by atoms with van der Waals surface area (Å²) in [6, 6.07) is 7.16. The summed E-state index contributed by atoms with van der Waals surface area (Å²) in [6.45, 7) is 5.16. The van der Waals surface area contributed by atoms with Gasteiger partial charge < -0.3 is 20.3 Å². The van der Waals surface area contributed by atoms with Gasteiger partial charge in [-0.1, -0.05) is 44.2 Å². The molecule has 0 aromatic heterocycles. The van der Waals surface area contributed by atoms with Crippen LogP contribution in [0.2, 0.25) is 0 Å². The topological polar surface area (TPSA) is 93.2 Å². The summed E-state index contributed by atoms with van der Waals surface area (Å²) < 4.78 is 42.6. The number of carbonyl (C=O) groups is 3. The molecule has 1 aliphatic carbocycles. The Balaban J connectivity index is 0.000000639. The lowest BCUT2D eigenvalue weighted by molar-refractivity contribution is -0.162. The summed E-state index contributed by atoms with van der Waals surface area (Å²) in [5.74, 6) is -3.66. The maximum Gasteiger partial charge on any atom is 0.250 e. The number of nitrogens with one attached hydrogen (secondary N) is 1. The first-order valence-electron chi connectivity index (χ1n) is 14.5. The molecule has 0 saturated carbocycles. The van der Waals surface area contributed by atoms with Crippen molar-refractivity contribution in [2.75, 3.05) is 26.2 Å². The van der Waals surface area contributed by atoms with Crippen molar-refractivity contribution in [1.82, 2.24) is 20.2 Å². The highest BCUT2D eigenvalue weighted by Crippen LogP contribution is 2.37. The average Bonchev–Trinajstić information content (AvgIpc) is 3.34. The predicted molar refractivity (Wildman–Crippen MR) is 148 cm³/mol. The lowest BCUT2D eigenvalue weighted by Crippen LogP contribution is -2.68. The Bertz CT molecular complexity index is 1310. The molecule has 2 aromatic carbocycles. The molecule has 6 rings (SSSR count). The molecule has 3 fully saturated rings. The number of rotatable bonds is 6. The number of alkyl halides is 1. The van der Waals surface area contributed by atoms with Gasteiger partial charge in [-0.05, 0) is 54.7 Å². The third kappa shape index (κ3) is 6.17. The zero-order valence-electron chi connectivity index (χ0n) is 23.8. The Morgan fingerprint density at radius 1 is 1.05 bits per heavy atom. The van der Waals surface area contributed by atoms with Crippen molar-refractivity contribution in [3.05, 3.63) is 70.8 Å². The van der Waals surface area contributed by atoms with Crippen molar-refractivity contribution < 1.29 is 32.8 Å². The lowest BCUT2D eigenvalue weighted by Gasteiger charge is -2.47. The summed E-state index contributed by atoms with van der Waals surface area (Å²) in [7, 11) is 0. The van der Waals surface area contributed by atoms with Crippen molar-refractivity contribution in [2.24, 2.45) is 11.8 Å². The highest BCUT2D eigenvalue weighted by molar-refractivity contribution is 6.00. The molecule has 0 bridgehead atoms. The summed E-state index contributed by atoms with van der Waals surface area (Å²) >= 11 is 0. The molecule has 226 valence electrons. The van der Waals surface area contributed by atoms with Crippen molar-refractivity contribution in [1.29, 1.82) is 0 Å². The average molecular weight is 587 g/mol. The summed E-state index contributed by atoms with van der Waals surface area (Å²) in [4.78, 5) is 43.7. The van der Waals surface area contributed by atoms with Gasteiger partial charge in [0.25, 0.3) is 0 Å². The first-order valence-corrected chi connectivity index (χ1v) is 14.5. The van der Waals surface area contributed by atoms with Gasteiger partial charge in [-0.3, -0.25) is 14.4 Å². The Kier molecular flexibility index (Phi) is 8.89. The van der Waals surface area contributed by atoms with E-state index in [0.29, 0.717) is 18.9 Å².